The first kappa shape index (κ1) is 15.4. The van der Waals surface area contributed by atoms with Gasteiger partial charge in [0, 0.05) is 19.0 Å². The van der Waals surface area contributed by atoms with E-state index in [0.717, 1.165) is 0 Å². The molecule has 1 aromatic rings. The Bertz CT molecular complexity index is 461. The summed E-state index contributed by atoms with van der Waals surface area (Å²) in [7, 11) is -2.16. The second kappa shape index (κ2) is 6.51. The number of halogens is 1. The van der Waals surface area contributed by atoms with E-state index in [1.165, 1.54) is 7.11 Å². The van der Waals surface area contributed by atoms with E-state index < -0.39 is 10.0 Å². The van der Waals surface area contributed by atoms with Crippen LogP contribution in [0.3, 0.4) is 0 Å². The summed E-state index contributed by atoms with van der Waals surface area (Å²) in [5.41, 5.74) is 0.335. The van der Waals surface area contributed by atoms with Gasteiger partial charge >= 0.3 is 0 Å². The lowest BCUT2D eigenvalue weighted by atomic mass is 10.3. The number of aromatic nitrogens is 1. The Morgan fingerprint density at radius 3 is 2.61 bits per heavy atom. The van der Waals surface area contributed by atoms with Crippen LogP contribution in [0.15, 0.2) is 9.42 Å². The van der Waals surface area contributed by atoms with Gasteiger partial charge in [-0.25, -0.2) is 13.1 Å². The lowest BCUT2D eigenvalue weighted by molar-refractivity contribution is 0.173. The summed E-state index contributed by atoms with van der Waals surface area (Å²) in [6.45, 7) is 3.40. The number of ether oxygens (including phenoxy) is 1. The van der Waals surface area contributed by atoms with E-state index in [-0.39, 0.29) is 23.3 Å². The van der Waals surface area contributed by atoms with Gasteiger partial charge in [0.05, 0.1) is 6.61 Å². The lowest BCUT2D eigenvalue weighted by Crippen LogP contribution is -2.38. The minimum absolute atomic E-state index is 0.0816. The van der Waals surface area contributed by atoms with Gasteiger partial charge in [0.1, 0.15) is 10.6 Å². The van der Waals surface area contributed by atoms with Crippen molar-refractivity contribution in [1.29, 1.82) is 0 Å². The second-order valence-corrected chi connectivity index (χ2v) is 5.93. The van der Waals surface area contributed by atoms with Gasteiger partial charge in [0.2, 0.25) is 10.0 Å². The van der Waals surface area contributed by atoms with E-state index in [0.29, 0.717) is 18.0 Å². The highest BCUT2D eigenvalue weighted by Gasteiger charge is 2.26. The van der Waals surface area contributed by atoms with Gasteiger partial charge in [0.15, 0.2) is 5.76 Å². The maximum absolute atomic E-state index is 12.2. The van der Waals surface area contributed by atoms with Crippen LogP contribution in [-0.4, -0.2) is 39.2 Å². The van der Waals surface area contributed by atoms with E-state index in [1.807, 2.05) is 0 Å². The van der Waals surface area contributed by atoms with Gasteiger partial charge in [-0.3, -0.25) is 0 Å². The predicted molar refractivity (Wildman–Crippen MR) is 67.3 cm³/mol. The van der Waals surface area contributed by atoms with Crippen LogP contribution in [0.25, 0.3) is 0 Å². The summed E-state index contributed by atoms with van der Waals surface area (Å²) in [5, 5.41) is 3.63. The molecule has 104 valence electrons. The third-order valence-electron chi connectivity index (χ3n) is 2.38. The first-order valence-corrected chi connectivity index (χ1v) is 7.44. The molecule has 0 spiro atoms. The van der Waals surface area contributed by atoms with E-state index in [9.17, 15) is 8.42 Å². The molecule has 1 rings (SSSR count). The van der Waals surface area contributed by atoms with Crippen molar-refractivity contribution in [3.8, 4) is 0 Å². The summed E-state index contributed by atoms with van der Waals surface area (Å²) in [6.07, 6.45) is 0.484. The molecule has 0 aromatic carbocycles. The summed E-state index contributed by atoms with van der Waals surface area (Å²) in [5.74, 6) is 0.611. The molecular weight excluding hydrogens is 280 g/mol. The molecule has 0 radical (unpaired) electrons. The van der Waals surface area contributed by atoms with E-state index >= 15 is 0 Å². The number of methoxy groups -OCH3 is 1. The normalized spacial score (nSPS) is 13.8. The highest BCUT2D eigenvalue weighted by atomic mass is 35.5. The van der Waals surface area contributed by atoms with Crippen molar-refractivity contribution in [2.45, 2.75) is 31.2 Å². The molecule has 0 saturated carbocycles. The Morgan fingerprint density at radius 1 is 1.50 bits per heavy atom. The summed E-state index contributed by atoms with van der Waals surface area (Å²) in [6, 6.07) is -0.369. The van der Waals surface area contributed by atoms with Crippen LogP contribution in [0, 0.1) is 13.8 Å². The molecule has 1 unspecified atom stereocenters. The maximum atomic E-state index is 12.2. The summed E-state index contributed by atoms with van der Waals surface area (Å²) >= 11 is 5.63. The summed E-state index contributed by atoms with van der Waals surface area (Å²) in [4.78, 5) is 0.0816. The quantitative estimate of drug-likeness (QED) is 0.765. The van der Waals surface area contributed by atoms with Crippen LogP contribution in [0.1, 0.15) is 17.9 Å². The Kier molecular flexibility index (Phi) is 5.58. The minimum Gasteiger partial charge on any atom is -0.383 e. The first-order valence-electron chi connectivity index (χ1n) is 5.42. The van der Waals surface area contributed by atoms with Crippen molar-refractivity contribution in [2.24, 2.45) is 0 Å². The molecule has 0 amide bonds. The molecule has 6 nitrogen and oxygen atoms in total. The van der Waals surface area contributed by atoms with Crippen molar-refractivity contribution in [3.05, 3.63) is 11.5 Å². The molecule has 0 fully saturated rings. The monoisotopic (exact) mass is 296 g/mol. The number of nitrogens with one attached hydrogen (secondary N) is 1. The van der Waals surface area contributed by atoms with Crippen LogP contribution in [0.5, 0.6) is 0 Å². The molecule has 1 aromatic heterocycles. The van der Waals surface area contributed by atoms with Gasteiger partial charge in [-0.2, -0.15) is 0 Å². The van der Waals surface area contributed by atoms with Crippen molar-refractivity contribution < 1.29 is 17.7 Å². The van der Waals surface area contributed by atoms with Gasteiger partial charge in [-0.05, 0) is 20.3 Å². The molecule has 8 heteroatoms. The van der Waals surface area contributed by atoms with Crippen molar-refractivity contribution >= 4 is 21.6 Å². The predicted octanol–water partition coefficient (Wildman–Crippen LogP) is 1.21. The fourth-order valence-corrected chi connectivity index (χ4v) is 3.49. The zero-order chi connectivity index (χ0) is 13.8. The van der Waals surface area contributed by atoms with Crippen LogP contribution < -0.4 is 4.72 Å². The average Bonchev–Trinajstić information content (AvgIpc) is 2.59. The topological polar surface area (TPSA) is 81.4 Å². The average molecular weight is 297 g/mol. The number of hydrogen-bond donors (Lipinski definition) is 1. The Hall–Kier alpha value is -0.630. The fraction of sp³-hybridized carbons (Fsp3) is 0.700. The van der Waals surface area contributed by atoms with Gasteiger partial charge in [-0.1, -0.05) is 5.16 Å². The van der Waals surface area contributed by atoms with E-state index in [1.54, 1.807) is 13.8 Å². The smallest absolute Gasteiger partial charge is 0.246 e. The van der Waals surface area contributed by atoms with Crippen molar-refractivity contribution in [2.75, 3.05) is 19.6 Å². The second-order valence-electron chi connectivity index (χ2n) is 3.90. The van der Waals surface area contributed by atoms with Crippen molar-refractivity contribution in [1.82, 2.24) is 9.88 Å². The largest absolute Gasteiger partial charge is 0.383 e. The molecule has 1 heterocycles. The molecule has 1 N–H and O–H groups in total. The zero-order valence-corrected chi connectivity index (χ0v) is 12.1. The summed E-state index contributed by atoms with van der Waals surface area (Å²) < 4.78 is 36.7. The van der Waals surface area contributed by atoms with Gasteiger partial charge in [0.25, 0.3) is 0 Å². The Morgan fingerprint density at radius 2 is 2.17 bits per heavy atom. The van der Waals surface area contributed by atoms with Crippen LogP contribution >= 0.6 is 11.6 Å². The third-order valence-corrected chi connectivity index (χ3v) is 4.37. The molecule has 0 aliphatic carbocycles. The van der Waals surface area contributed by atoms with E-state index in [4.69, 9.17) is 20.9 Å². The zero-order valence-electron chi connectivity index (χ0n) is 10.6. The highest BCUT2D eigenvalue weighted by Crippen LogP contribution is 2.19. The van der Waals surface area contributed by atoms with Gasteiger partial charge in [-0.15, -0.1) is 11.6 Å². The number of rotatable bonds is 7. The number of alkyl halides is 1. The molecule has 0 aliphatic rings. The molecule has 0 bridgehead atoms. The molecule has 1 atom stereocenters. The number of hydrogen-bond acceptors (Lipinski definition) is 5. The highest BCUT2D eigenvalue weighted by molar-refractivity contribution is 7.89. The molecule has 0 saturated heterocycles. The fourth-order valence-electron chi connectivity index (χ4n) is 1.65. The van der Waals surface area contributed by atoms with Crippen molar-refractivity contribution in [3.63, 3.8) is 0 Å². The molecule has 18 heavy (non-hydrogen) atoms. The standard InChI is InChI=1S/C10H17ClN2O4S/c1-7-10(8(2)17-12-7)18(14,15)13-9(4-5-11)6-16-3/h9,13H,4-6H2,1-3H3. The number of aryl methyl sites for hydroxylation is 2. The Labute approximate surface area is 112 Å². The van der Waals surface area contributed by atoms with Crippen LogP contribution in [0.4, 0.5) is 0 Å². The van der Waals surface area contributed by atoms with Gasteiger partial charge < -0.3 is 9.26 Å². The Balaban J connectivity index is 2.93. The van der Waals surface area contributed by atoms with Crippen LogP contribution in [0.2, 0.25) is 0 Å². The molecular formula is C10H17ClN2O4S. The van der Waals surface area contributed by atoms with Crippen LogP contribution in [-0.2, 0) is 14.8 Å². The van der Waals surface area contributed by atoms with E-state index in [2.05, 4.69) is 9.88 Å². The minimum atomic E-state index is -3.67. The maximum Gasteiger partial charge on any atom is 0.246 e. The molecule has 0 aliphatic heterocycles. The SMILES string of the molecule is COCC(CCCl)NS(=O)(=O)c1c(C)noc1C. The lowest BCUT2D eigenvalue weighted by Gasteiger charge is -2.16. The number of sulfonamides is 1. The third kappa shape index (κ3) is 3.68. The number of nitrogens with zero attached hydrogens (tertiary/aromatic N) is 1. The first-order chi connectivity index (χ1) is 8.42.